The van der Waals surface area contributed by atoms with E-state index in [2.05, 4.69) is 70.8 Å². The van der Waals surface area contributed by atoms with Gasteiger partial charge in [-0.05, 0) is 73.9 Å². The lowest BCUT2D eigenvalue weighted by molar-refractivity contribution is 0.159. The SMILES string of the molecule is Cc1c(OCC2CCN(C)CC2)cc(Cl)cc1N1CCN(c2ncnc3[nH]nc(Br)c23)CC1.Cl. The van der Waals surface area contributed by atoms with Crippen LogP contribution in [0.5, 0.6) is 5.75 Å². The van der Waals surface area contributed by atoms with E-state index in [1.165, 1.54) is 12.8 Å². The molecule has 2 fully saturated rings. The Hall–Kier alpha value is -1.81. The maximum absolute atomic E-state index is 6.52. The zero-order chi connectivity index (χ0) is 22.9. The minimum atomic E-state index is 0. The van der Waals surface area contributed by atoms with Crippen molar-refractivity contribution in [3.8, 4) is 5.75 Å². The molecule has 0 saturated carbocycles. The van der Waals surface area contributed by atoms with Gasteiger partial charge in [-0.25, -0.2) is 9.97 Å². The number of nitrogens with zero attached hydrogens (tertiary/aromatic N) is 6. The van der Waals surface area contributed by atoms with E-state index in [4.69, 9.17) is 16.3 Å². The average Bonchev–Trinajstić information content (AvgIpc) is 3.21. The van der Waals surface area contributed by atoms with Crippen molar-refractivity contribution in [1.82, 2.24) is 25.1 Å². The van der Waals surface area contributed by atoms with E-state index in [0.717, 1.165) is 89.4 Å². The molecule has 0 unspecified atom stereocenters. The lowest BCUT2D eigenvalue weighted by Crippen LogP contribution is -2.47. The third kappa shape index (κ3) is 5.22. The Bertz CT molecular complexity index is 1130. The van der Waals surface area contributed by atoms with Crippen LogP contribution in [0.1, 0.15) is 18.4 Å². The summed E-state index contributed by atoms with van der Waals surface area (Å²) in [5, 5.41) is 8.81. The molecule has 0 aliphatic carbocycles. The summed E-state index contributed by atoms with van der Waals surface area (Å²) in [4.78, 5) is 15.9. The van der Waals surface area contributed by atoms with Gasteiger partial charge >= 0.3 is 0 Å². The minimum Gasteiger partial charge on any atom is -0.493 e. The van der Waals surface area contributed by atoms with Crippen LogP contribution in [0.2, 0.25) is 5.02 Å². The fourth-order valence-electron chi connectivity index (χ4n) is 4.76. The molecule has 4 heterocycles. The molecule has 3 aromatic rings. The second-order valence-electron chi connectivity index (χ2n) is 9.02. The largest absolute Gasteiger partial charge is 0.493 e. The summed E-state index contributed by atoms with van der Waals surface area (Å²) in [5.74, 6) is 2.42. The third-order valence-corrected chi connectivity index (χ3v) is 7.62. The summed E-state index contributed by atoms with van der Waals surface area (Å²) >= 11 is 10.0. The predicted molar refractivity (Wildman–Crippen MR) is 143 cm³/mol. The van der Waals surface area contributed by atoms with Crippen LogP contribution >= 0.6 is 39.9 Å². The number of likely N-dealkylation sites (tertiary alicyclic amines) is 1. The van der Waals surface area contributed by atoms with Gasteiger partial charge in [-0.15, -0.1) is 12.4 Å². The fraction of sp³-hybridized carbons (Fsp3) is 0.522. The average molecular weight is 571 g/mol. The number of ether oxygens (including phenoxy) is 1. The van der Waals surface area contributed by atoms with Gasteiger partial charge in [-0.3, -0.25) is 5.10 Å². The molecule has 1 N–H and O–H groups in total. The van der Waals surface area contributed by atoms with Crippen molar-refractivity contribution < 1.29 is 4.74 Å². The second-order valence-corrected chi connectivity index (χ2v) is 10.2. The number of benzene rings is 1. The van der Waals surface area contributed by atoms with Crippen molar-refractivity contribution >= 4 is 62.5 Å². The molecule has 0 radical (unpaired) electrons. The molecule has 0 spiro atoms. The molecule has 1 aromatic carbocycles. The number of piperidine rings is 1. The van der Waals surface area contributed by atoms with Gasteiger partial charge < -0.3 is 19.4 Å². The first-order valence-corrected chi connectivity index (χ1v) is 12.6. The topological polar surface area (TPSA) is 73.4 Å². The summed E-state index contributed by atoms with van der Waals surface area (Å²) in [6.45, 7) is 8.62. The number of aromatic nitrogens is 4. The molecular formula is C23H30BrCl2N7O. The van der Waals surface area contributed by atoms with Crippen LogP contribution in [0, 0.1) is 12.8 Å². The van der Waals surface area contributed by atoms with Gasteiger partial charge in [-0.2, -0.15) is 5.10 Å². The summed E-state index contributed by atoms with van der Waals surface area (Å²) in [5.41, 5.74) is 3.05. The smallest absolute Gasteiger partial charge is 0.161 e. The van der Waals surface area contributed by atoms with Gasteiger partial charge in [-0.1, -0.05) is 11.6 Å². The summed E-state index contributed by atoms with van der Waals surface area (Å²) in [6, 6.07) is 4.02. The van der Waals surface area contributed by atoms with E-state index in [9.17, 15) is 0 Å². The zero-order valence-electron chi connectivity index (χ0n) is 19.4. The molecule has 184 valence electrons. The number of nitrogens with one attached hydrogen (secondary N) is 1. The van der Waals surface area contributed by atoms with Crippen LogP contribution in [0.4, 0.5) is 11.5 Å². The molecule has 34 heavy (non-hydrogen) atoms. The van der Waals surface area contributed by atoms with Crippen molar-refractivity contribution in [2.75, 3.05) is 62.7 Å². The van der Waals surface area contributed by atoms with Crippen LogP contribution in [0.15, 0.2) is 23.1 Å². The van der Waals surface area contributed by atoms with Crippen molar-refractivity contribution in [2.24, 2.45) is 5.92 Å². The lowest BCUT2D eigenvalue weighted by Gasteiger charge is -2.38. The second kappa shape index (κ2) is 10.8. The molecule has 2 aliphatic heterocycles. The number of H-pyrrole nitrogens is 1. The number of hydrogen-bond acceptors (Lipinski definition) is 7. The summed E-state index contributed by atoms with van der Waals surface area (Å²) < 4.78 is 7.04. The van der Waals surface area contributed by atoms with Gasteiger partial charge in [0.1, 0.15) is 22.5 Å². The Morgan fingerprint density at radius 2 is 1.79 bits per heavy atom. The highest BCUT2D eigenvalue weighted by molar-refractivity contribution is 9.10. The van der Waals surface area contributed by atoms with Crippen molar-refractivity contribution in [3.63, 3.8) is 0 Å². The molecule has 0 bridgehead atoms. The standard InChI is InChI=1S/C23H29BrClN7O.ClH/c1-15-18(11-17(25)12-19(15)33-13-16-3-5-30(2)6-4-16)31-7-9-32(10-8-31)23-20-21(24)28-29-22(20)26-14-27-23;/h11-12,14,16H,3-10,13H2,1-2H3,(H,26,27,28,29);1H. The Kier molecular flexibility index (Phi) is 8.07. The summed E-state index contributed by atoms with van der Waals surface area (Å²) in [7, 11) is 2.19. The van der Waals surface area contributed by atoms with Gasteiger partial charge in [0.25, 0.3) is 0 Å². The Morgan fingerprint density at radius 1 is 1.09 bits per heavy atom. The molecule has 0 atom stereocenters. The molecule has 2 saturated heterocycles. The first-order valence-electron chi connectivity index (χ1n) is 11.5. The lowest BCUT2D eigenvalue weighted by atomic mass is 9.98. The molecule has 11 heteroatoms. The van der Waals surface area contributed by atoms with Crippen LogP contribution in [-0.4, -0.2) is 78.0 Å². The van der Waals surface area contributed by atoms with Crippen LogP contribution in [0.3, 0.4) is 0 Å². The number of aromatic amines is 1. The number of hydrogen-bond donors (Lipinski definition) is 1. The molecule has 5 rings (SSSR count). The van der Waals surface area contributed by atoms with Gasteiger partial charge in [0.2, 0.25) is 0 Å². The van der Waals surface area contributed by atoms with Crippen LogP contribution in [0.25, 0.3) is 11.0 Å². The van der Waals surface area contributed by atoms with Crippen molar-refractivity contribution in [3.05, 3.63) is 33.6 Å². The Balaban J connectivity index is 0.00000274. The quantitative estimate of drug-likeness (QED) is 0.482. The minimum absolute atomic E-state index is 0. The van der Waals surface area contributed by atoms with Crippen LogP contribution < -0.4 is 14.5 Å². The Labute approximate surface area is 219 Å². The number of halogens is 3. The van der Waals surface area contributed by atoms with E-state index >= 15 is 0 Å². The maximum Gasteiger partial charge on any atom is 0.161 e. The van der Waals surface area contributed by atoms with E-state index in [0.29, 0.717) is 5.92 Å². The van der Waals surface area contributed by atoms with Gasteiger partial charge in [0.05, 0.1) is 12.0 Å². The highest BCUT2D eigenvalue weighted by Gasteiger charge is 2.24. The van der Waals surface area contributed by atoms with Crippen molar-refractivity contribution in [1.29, 1.82) is 0 Å². The molecule has 2 aromatic heterocycles. The van der Waals surface area contributed by atoms with Crippen LogP contribution in [-0.2, 0) is 0 Å². The first kappa shape index (κ1) is 25.3. The normalized spacial score (nSPS) is 17.8. The number of piperazine rings is 1. The number of anilines is 2. The summed E-state index contributed by atoms with van der Waals surface area (Å²) in [6.07, 6.45) is 3.96. The van der Waals surface area contributed by atoms with E-state index in [1.807, 2.05) is 6.07 Å². The Morgan fingerprint density at radius 3 is 2.53 bits per heavy atom. The van der Waals surface area contributed by atoms with E-state index < -0.39 is 0 Å². The fourth-order valence-corrected chi connectivity index (χ4v) is 5.42. The zero-order valence-corrected chi connectivity index (χ0v) is 22.6. The number of rotatable bonds is 5. The number of fused-ring (bicyclic) bond motifs is 1. The third-order valence-electron chi connectivity index (χ3n) is 6.82. The predicted octanol–water partition coefficient (Wildman–Crippen LogP) is 4.55. The van der Waals surface area contributed by atoms with Crippen molar-refractivity contribution in [2.45, 2.75) is 19.8 Å². The van der Waals surface area contributed by atoms with Gasteiger partial charge in [0, 0.05) is 42.5 Å². The monoisotopic (exact) mass is 569 g/mol. The van der Waals surface area contributed by atoms with E-state index in [1.54, 1.807) is 6.33 Å². The highest BCUT2D eigenvalue weighted by Crippen LogP contribution is 2.35. The molecule has 8 nitrogen and oxygen atoms in total. The first-order chi connectivity index (χ1) is 16.0. The molecule has 2 aliphatic rings. The van der Waals surface area contributed by atoms with Gasteiger partial charge in [0.15, 0.2) is 5.65 Å². The maximum atomic E-state index is 6.52. The highest BCUT2D eigenvalue weighted by atomic mass is 79.9. The van der Waals surface area contributed by atoms with E-state index in [-0.39, 0.29) is 12.4 Å². The molecule has 0 amide bonds. The molecular weight excluding hydrogens is 541 g/mol.